The zero-order valence-corrected chi connectivity index (χ0v) is 21.5. The average Bonchev–Trinajstić information content (AvgIpc) is 3.15. The van der Waals surface area contributed by atoms with Gasteiger partial charge in [-0.1, -0.05) is 0 Å². The molecule has 0 unspecified atom stereocenters. The normalized spacial score (nSPS) is 27.1. The van der Waals surface area contributed by atoms with Crippen LogP contribution < -0.4 is 5.32 Å². The molecule has 3 atom stereocenters. The Morgan fingerprint density at radius 2 is 1.83 bits per heavy atom. The zero-order valence-electron chi connectivity index (χ0n) is 21.5. The van der Waals surface area contributed by atoms with Crippen molar-refractivity contribution < 1.29 is 14.4 Å². The maximum absolute atomic E-state index is 13.4. The Kier molecular flexibility index (Phi) is 6.77. The Morgan fingerprint density at radius 1 is 1.06 bits per heavy atom. The van der Waals surface area contributed by atoms with Gasteiger partial charge in [-0.2, -0.15) is 5.10 Å². The molecule has 4 amide bonds. The first kappa shape index (κ1) is 24.1. The van der Waals surface area contributed by atoms with E-state index >= 15 is 0 Å². The summed E-state index contributed by atoms with van der Waals surface area (Å²) in [5.41, 5.74) is 3.18. The van der Waals surface area contributed by atoms with Gasteiger partial charge in [0.15, 0.2) is 0 Å². The maximum Gasteiger partial charge on any atom is 0.320 e. The number of rotatable bonds is 4. The second-order valence-corrected chi connectivity index (χ2v) is 11.0. The summed E-state index contributed by atoms with van der Waals surface area (Å²) in [5, 5.41) is 7.65. The molecule has 5 rings (SSSR count). The molecular weight excluding hydrogens is 444 g/mol. The summed E-state index contributed by atoms with van der Waals surface area (Å²) in [6.45, 7) is 11.0. The van der Waals surface area contributed by atoms with Gasteiger partial charge in [-0.15, -0.1) is 0 Å². The molecule has 0 aliphatic carbocycles. The number of carbonyl (C=O) groups excluding carboxylic acids is 3. The van der Waals surface area contributed by atoms with E-state index in [-0.39, 0.29) is 17.9 Å². The summed E-state index contributed by atoms with van der Waals surface area (Å²) < 4.78 is 1.97. The molecule has 4 aliphatic rings. The largest absolute Gasteiger partial charge is 0.352 e. The number of urea groups is 1. The van der Waals surface area contributed by atoms with Gasteiger partial charge in [0.1, 0.15) is 0 Å². The first-order chi connectivity index (χ1) is 16.9. The molecule has 0 saturated carbocycles. The van der Waals surface area contributed by atoms with Crippen molar-refractivity contribution in [3.05, 3.63) is 17.0 Å². The standard InChI is InChI=1S/C26H40N6O3/c1-4-32-18(3)22(17(2)28-32)13-27-25(34)20-8-10-29(11-9-20)26(35)30-14-19-12-21(16-30)23-6-5-7-24(33)31(23)15-19/h19-21,23H,4-16H2,1-3H3,(H,27,34)/t19-,21+,23+/m0/s1. The minimum absolute atomic E-state index is 0.0524. The van der Waals surface area contributed by atoms with Crippen LogP contribution in [0, 0.1) is 31.6 Å². The zero-order chi connectivity index (χ0) is 24.7. The molecule has 9 heteroatoms. The fourth-order valence-electron chi connectivity index (χ4n) is 6.92. The lowest BCUT2D eigenvalue weighted by atomic mass is 9.76. The Bertz CT molecular complexity index is 982. The SMILES string of the molecule is CCn1nc(C)c(CNC(=O)C2CCN(C(=O)N3C[C@@H]4C[C@H](C3)[C@H]3CCCC(=O)N3C4)CC2)c1C. The van der Waals surface area contributed by atoms with E-state index in [2.05, 4.69) is 22.2 Å². The molecule has 1 aromatic rings. The second-order valence-electron chi connectivity index (χ2n) is 11.0. The van der Waals surface area contributed by atoms with Gasteiger partial charge in [0.2, 0.25) is 11.8 Å². The number of hydrogen-bond acceptors (Lipinski definition) is 4. The summed E-state index contributed by atoms with van der Waals surface area (Å²) in [6.07, 6.45) is 5.28. The van der Waals surface area contributed by atoms with Crippen molar-refractivity contribution in [2.75, 3.05) is 32.7 Å². The maximum atomic E-state index is 13.4. The molecule has 4 fully saturated rings. The van der Waals surface area contributed by atoms with Crippen LogP contribution >= 0.6 is 0 Å². The van der Waals surface area contributed by atoms with Crippen LogP contribution in [0.1, 0.15) is 62.4 Å². The number of fused-ring (bicyclic) bond motifs is 4. The van der Waals surface area contributed by atoms with Crippen LogP contribution in [-0.2, 0) is 22.7 Å². The Hall–Kier alpha value is -2.58. The van der Waals surface area contributed by atoms with E-state index in [1.54, 1.807) is 0 Å². The fourth-order valence-corrected chi connectivity index (χ4v) is 6.92. The lowest BCUT2D eigenvalue weighted by molar-refractivity contribution is -0.144. The van der Waals surface area contributed by atoms with E-state index in [1.165, 1.54) is 0 Å². The number of aryl methyl sites for hydroxylation is 2. The summed E-state index contributed by atoms with van der Waals surface area (Å²) >= 11 is 0. The van der Waals surface area contributed by atoms with Crippen molar-refractivity contribution >= 4 is 17.8 Å². The van der Waals surface area contributed by atoms with E-state index < -0.39 is 0 Å². The molecule has 0 radical (unpaired) electrons. The van der Waals surface area contributed by atoms with Crippen LogP contribution in [0.15, 0.2) is 0 Å². The Balaban J connectivity index is 1.12. The lowest BCUT2D eigenvalue weighted by Crippen LogP contribution is -2.62. The molecule has 192 valence electrons. The van der Waals surface area contributed by atoms with Crippen molar-refractivity contribution in [3.8, 4) is 0 Å². The number of piperidine rings is 4. The van der Waals surface area contributed by atoms with Gasteiger partial charge in [0.05, 0.1) is 5.69 Å². The minimum atomic E-state index is -0.0524. The van der Waals surface area contributed by atoms with Gasteiger partial charge in [-0.3, -0.25) is 14.3 Å². The fraction of sp³-hybridized carbons (Fsp3) is 0.769. The van der Waals surface area contributed by atoms with Crippen LogP contribution in [0.5, 0.6) is 0 Å². The van der Waals surface area contributed by atoms with E-state index in [4.69, 9.17) is 0 Å². The van der Waals surface area contributed by atoms with Gasteiger partial charge in [-0.25, -0.2) is 4.79 Å². The number of hydrogen-bond donors (Lipinski definition) is 1. The van der Waals surface area contributed by atoms with Crippen LogP contribution in [-0.4, -0.2) is 81.1 Å². The Morgan fingerprint density at radius 3 is 2.54 bits per heavy atom. The van der Waals surface area contributed by atoms with E-state index in [9.17, 15) is 14.4 Å². The molecule has 1 N–H and O–H groups in total. The van der Waals surface area contributed by atoms with Crippen LogP contribution in [0.25, 0.3) is 0 Å². The van der Waals surface area contributed by atoms with Gasteiger partial charge in [0, 0.05) is 75.5 Å². The van der Waals surface area contributed by atoms with Gasteiger partial charge in [0.25, 0.3) is 0 Å². The molecular formula is C26H40N6O3. The van der Waals surface area contributed by atoms with Crippen molar-refractivity contribution in [3.63, 3.8) is 0 Å². The molecule has 2 bridgehead atoms. The highest BCUT2D eigenvalue weighted by atomic mass is 16.2. The van der Waals surface area contributed by atoms with E-state index in [0.717, 1.165) is 62.4 Å². The summed E-state index contributed by atoms with van der Waals surface area (Å²) in [5.74, 6) is 1.13. The third kappa shape index (κ3) is 4.66. The van der Waals surface area contributed by atoms with Gasteiger partial charge in [-0.05, 0) is 64.7 Å². The molecule has 4 aliphatic heterocycles. The number of likely N-dealkylation sites (tertiary alicyclic amines) is 2. The predicted molar refractivity (Wildman–Crippen MR) is 131 cm³/mol. The number of amides is 4. The third-order valence-corrected chi connectivity index (χ3v) is 8.86. The quantitative estimate of drug-likeness (QED) is 0.710. The molecule has 0 spiro atoms. The lowest BCUT2D eigenvalue weighted by Gasteiger charge is -2.53. The van der Waals surface area contributed by atoms with E-state index in [1.807, 2.05) is 28.3 Å². The molecule has 1 aromatic heterocycles. The number of nitrogens with one attached hydrogen (secondary N) is 1. The number of nitrogens with zero attached hydrogens (tertiary/aromatic N) is 5. The van der Waals surface area contributed by atoms with Crippen LogP contribution in [0.3, 0.4) is 0 Å². The summed E-state index contributed by atoms with van der Waals surface area (Å²) in [7, 11) is 0. The molecule has 0 aromatic carbocycles. The predicted octanol–water partition coefficient (Wildman–Crippen LogP) is 2.30. The van der Waals surface area contributed by atoms with Crippen LogP contribution in [0.4, 0.5) is 4.79 Å². The first-order valence-corrected chi connectivity index (χ1v) is 13.5. The number of aromatic nitrogens is 2. The van der Waals surface area contributed by atoms with Gasteiger partial charge >= 0.3 is 6.03 Å². The summed E-state index contributed by atoms with van der Waals surface area (Å²) in [6, 6.07) is 0.432. The topological polar surface area (TPSA) is 90.8 Å². The minimum Gasteiger partial charge on any atom is -0.352 e. The monoisotopic (exact) mass is 484 g/mol. The summed E-state index contributed by atoms with van der Waals surface area (Å²) in [4.78, 5) is 44.7. The second kappa shape index (κ2) is 9.82. The molecule has 35 heavy (non-hydrogen) atoms. The average molecular weight is 485 g/mol. The highest BCUT2D eigenvalue weighted by Gasteiger charge is 2.45. The first-order valence-electron chi connectivity index (χ1n) is 13.5. The molecule has 5 heterocycles. The van der Waals surface area contributed by atoms with Crippen LogP contribution in [0.2, 0.25) is 0 Å². The molecule has 4 saturated heterocycles. The van der Waals surface area contributed by atoms with Gasteiger partial charge < -0.3 is 20.0 Å². The van der Waals surface area contributed by atoms with E-state index in [0.29, 0.717) is 62.7 Å². The molecule has 9 nitrogen and oxygen atoms in total. The van der Waals surface area contributed by atoms with Crippen molar-refractivity contribution in [1.82, 2.24) is 29.8 Å². The third-order valence-electron chi connectivity index (χ3n) is 8.86. The highest BCUT2D eigenvalue weighted by Crippen LogP contribution is 2.38. The highest BCUT2D eigenvalue weighted by molar-refractivity contribution is 5.80. The number of carbonyl (C=O) groups is 3. The van der Waals surface area contributed by atoms with Crippen molar-refractivity contribution in [2.24, 2.45) is 17.8 Å². The Labute approximate surface area is 208 Å². The van der Waals surface area contributed by atoms with Crippen molar-refractivity contribution in [2.45, 2.75) is 78.4 Å². The van der Waals surface area contributed by atoms with Crippen molar-refractivity contribution in [1.29, 1.82) is 0 Å². The smallest absolute Gasteiger partial charge is 0.320 e.